The summed E-state index contributed by atoms with van der Waals surface area (Å²) < 4.78 is 2.90. The molecule has 0 spiro atoms. The van der Waals surface area contributed by atoms with Gasteiger partial charge in [-0.1, -0.05) is 27.5 Å². The number of ketones is 1. The van der Waals surface area contributed by atoms with Gasteiger partial charge in [0.2, 0.25) is 0 Å². The minimum Gasteiger partial charge on any atom is -0.316 e. The van der Waals surface area contributed by atoms with E-state index < -0.39 is 0 Å². The summed E-state index contributed by atoms with van der Waals surface area (Å²) in [5.41, 5.74) is 3.29. The standard InChI is InChI=1S/C14H12BrCl2NO/c1-8-5-11(14(19)7-16)9(2)18(8)13-6-10(15)3-4-12(13)17/h3-6H,7H2,1-2H3. The van der Waals surface area contributed by atoms with Crippen LogP contribution in [0.1, 0.15) is 21.7 Å². The van der Waals surface area contributed by atoms with Gasteiger partial charge in [0.25, 0.3) is 0 Å². The average Bonchev–Trinajstić information content (AvgIpc) is 2.67. The molecule has 19 heavy (non-hydrogen) atoms. The number of carbonyl (C=O) groups is 1. The zero-order valence-corrected chi connectivity index (χ0v) is 13.6. The first-order chi connectivity index (χ1) is 8.95. The van der Waals surface area contributed by atoms with Gasteiger partial charge in [-0.25, -0.2) is 0 Å². The first kappa shape index (κ1) is 14.6. The average molecular weight is 361 g/mol. The molecular formula is C14H12BrCl2NO. The highest BCUT2D eigenvalue weighted by Gasteiger charge is 2.17. The zero-order chi connectivity index (χ0) is 14.2. The molecule has 2 nitrogen and oxygen atoms in total. The van der Waals surface area contributed by atoms with E-state index in [2.05, 4.69) is 15.9 Å². The molecule has 1 heterocycles. The smallest absolute Gasteiger partial charge is 0.179 e. The van der Waals surface area contributed by atoms with E-state index in [9.17, 15) is 4.79 Å². The van der Waals surface area contributed by atoms with Crippen LogP contribution in [0.15, 0.2) is 28.7 Å². The summed E-state index contributed by atoms with van der Waals surface area (Å²) in [6, 6.07) is 7.47. The van der Waals surface area contributed by atoms with E-state index in [0.717, 1.165) is 21.5 Å². The molecule has 0 saturated carbocycles. The van der Waals surface area contributed by atoms with Crippen molar-refractivity contribution in [3.63, 3.8) is 0 Å². The van der Waals surface area contributed by atoms with E-state index in [0.29, 0.717) is 10.6 Å². The van der Waals surface area contributed by atoms with Crippen molar-refractivity contribution in [3.05, 3.63) is 50.7 Å². The Bertz CT molecular complexity index is 649. The number of alkyl halides is 1. The molecule has 0 N–H and O–H groups in total. The topological polar surface area (TPSA) is 22.0 Å². The molecule has 0 aliphatic carbocycles. The second-order valence-corrected chi connectivity index (χ2v) is 5.86. The Labute approximate surface area is 130 Å². The van der Waals surface area contributed by atoms with E-state index >= 15 is 0 Å². The number of aryl methyl sites for hydroxylation is 1. The first-order valence-corrected chi connectivity index (χ1v) is 7.39. The van der Waals surface area contributed by atoms with Gasteiger partial charge in [0.1, 0.15) is 0 Å². The molecule has 100 valence electrons. The Kier molecular flexibility index (Phi) is 4.39. The van der Waals surface area contributed by atoms with Crippen LogP contribution >= 0.6 is 39.1 Å². The molecule has 5 heteroatoms. The SMILES string of the molecule is Cc1cc(C(=O)CCl)c(C)n1-c1cc(Br)ccc1Cl. The Morgan fingerprint density at radius 2 is 2.00 bits per heavy atom. The lowest BCUT2D eigenvalue weighted by Crippen LogP contribution is -2.04. The molecule has 0 atom stereocenters. The van der Waals surface area contributed by atoms with Gasteiger partial charge < -0.3 is 4.57 Å². The number of rotatable bonds is 3. The summed E-state index contributed by atoms with van der Waals surface area (Å²) in [6.07, 6.45) is 0. The molecule has 0 aliphatic heterocycles. The van der Waals surface area contributed by atoms with Crippen LogP contribution in [-0.2, 0) is 0 Å². The maximum absolute atomic E-state index is 11.8. The van der Waals surface area contributed by atoms with Gasteiger partial charge in [-0.15, -0.1) is 11.6 Å². The van der Waals surface area contributed by atoms with E-state index in [1.807, 2.05) is 42.7 Å². The molecule has 2 rings (SSSR count). The van der Waals surface area contributed by atoms with Gasteiger partial charge in [-0.3, -0.25) is 4.79 Å². The number of benzene rings is 1. The number of hydrogen-bond acceptors (Lipinski definition) is 1. The summed E-state index contributed by atoms with van der Waals surface area (Å²) in [7, 11) is 0. The maximum atomic E-state index is 11.8. The summed E-state index contributed by atoms with van der Waals surface area (Å²) in [5.74, 6) is -0.0941. The molecule has 0 fully saturated rings. The van der Waals surface area contributed by atoms with E-state index in [4.69, 9.17) is 23.2 Å². The maximum Gasteiger partial charge on any atom is 0.179 e. The highest BCUT2D eigenvalue weighted by atomic mass is 79.9. The second kappa shape index (κ2) is 5.70. The van der Waals surface area contributed by atoms with Crippen LogP contribution in [-0.4, -0.2) is 16.2 Å². The monoisotopic (exact) mass is 359 g/mol. The van der Waals surface area contributed by atoms with Crippen molar-refractivity contribution >= 4 is 44.9 Å². The summed E-state index contributed by atoms with van der Waals surface area (Å²) in [4.78, 5) is 11.8. The quantitative estimate of drug-likeness (QED) is 0.561. The van der Waals surface area contributed by atoms with Crippen molar-refractivity contribution in [2.75, 3.05) is 5.88 Å². The number of aromatic nitrogens is 1. The molecule has 1 aromatic carbocycles. The Balaban J connectivity index is 2.66. The fourth-order valence-electron chi connectivity index (χ4n) is 2.14. The molecule has 0 saturated heterocycles. The van der Waals surface area contributed by atoms with Crippen molar-refractivity contribution < 1.29 is 4.79 Å². The molecule has 2 aromatic rings. The Hall–Kier alpha value is -0.770. The molecule has 1 aromatic heterocycles. The lowest BCUT2D eigenvalue weighted by molar-refractivity contribution is 0.102. The van der Waals surface area contributed by atoms with Gasteiger partial charge in [-0.2, -0.15) is 0 Å². The normalized spacial score (nSPS) is 10.8. The molecule has 0 radical (unpaired) electrons. The number of Topliss-reactive ketones (excluding diaryl/α,β-unsaturated/α-hetero) is 1. The summed E-state index contributed by atoms with van der Waals surface area (Å²) >= 11 is 15.3. The van der Waals surface area contributed by atoms with Crippen molar-refractivity contribution in [2.45, 2.75) is 13.8 Å². The van der Waals surface area contributed by atoms with Crippen LogP contribution in [0.25, 0.3) is 5.69 Å². The first-order valence-electron chi connectivity index (χ1n) is 5.69. The lowest BCUT2D eigenvalue weighted by Gasteiger charge is -2.12. The van der Waals surface area contributed by atoms with E-state index in [1.54, 1.807) is 0 Å². The van der Waals surface area contributed by atoms with Gasteiger partial charge in [0, 0.05) is 21.4 Å². The molecule has 0 aliphatic rings. The van der Waals surface area contributed by atoms with E-state index in [-0.39, 0.29) is 11.7 Å². The predicted molar refractivity (Wildman–Crippen MR) is 83.0 cm³/mol. The number of halogens is 3. The zero-order valence-electron chi connectivity index (χ0n) is 10.5. The van der Waals surface area contributed by atoms with Crippen LogP contribution in [0.4, 0.5) is 0 Å². The van der Waals surface area contributed by atoms with Crippen molar-refractivity contribution in [2.24, 2.45) is 0 Å². The Morgan fingerprint density at radius 3 is 2.63 bits per heavy atom. The van der Waals surface area contributed by atoms with Crippen LogP contribution in [0.3, 0.4) is 0 Å². The van der Waals surface area contributed by atoms with E-state index in [1.165, 1.54) is 0 Å². The summed E-state index contributed by atoms with van der Waals surface area (Å²) in [6.45, 7) is 3.83. The van der Waals surface area contributed by atoms with Crippen molar-refractivity contribution in [1.82, 2.24) is 4.57 Å². The Morgan fingerprint density at radius 1 is 1.32 bits per heavy atom. The predicted octanol–water partition coefficient (Wildman–Crippen LogP) is 4.93. The van der Waals surface area contributed by atoms with Crippen LogP contribution in [0, 0.1) is 13.8 Å². The van der Waals surface area contributed by atoms with Gasteiger partial charge in [0.15, 0.2) is 5.78 Å². The van der Waals surface area contributed by atoms with Gasteiger partial charge in [0.05, 0.1) is 16.6 Å². The highest BCUT2D eigenvalue weighted by molar-refractivity contribution is 9.10. The largest absolute Gasteiger partial charge is 0.316 e. The fourth-order valence-corrected chi connectivity index (χ4v) is 2.84. The van der Waals surface area contributed by atoms with Crippen LogP contribution < -0.4 is 0 Å². The molecule has 0 amide bonds. The number of nitrogens with zero attached hydrogens (tertiary/aromatic N) is 1. The second-order valence-electron chi connectivity index (χ2n) is 4.27. The third-order valence-corrected chi connectivity index (χ3v) is 4.06. The van der Waals surface area contributed by atoms with Crippen LogP contribution in [0.5, 0.6) is 0 Å². The molecular weight excluding hydrogens is 349 g/mol. The number of hydrogen-bond donors (Lipinski definition) is 0. The third-order valence-electron chi connectivity index (χ3n) is 3.00. The van der Waals surface area contributed by atoms with Gasteiger partial charge in [-0.05, 0) is 38.1 Å². The van der Waals surface area contributed by atoms with Crippen molar-refractivity contribution in [1.29, 1.82) is 0 Å². The van der Waals surface area contributed by atoms with Crippen LogP contribution in [0.2, 0.25) is 5.02 Å². The highest BCUT2D eigenvalue weighted by Crippen LogP contribution is 2.29. The third kappa shape index (κ3) is 2.73. The molecule has 0 unspecified atom stereocenters. The summed E-state index contributed by atoms with van der Waals surface area (Å²) in [5, 5.41) is 0.634. The molecule has 0 bridgehead atoms. The van der Waals surface area contributed by atoms with Crippen molar-refractivity contribution in [3.8, 4) is 5.69 Å². The fraction of sp³-hybridized carbons (Fsp3) is 0.214. The minimum absolute atomic E-state index is 0.0174. The number of carbonyl (C=O) groups excluding carboxylic acids is 1. The minimum atomic E-state index is -0.0767. The lowest BCUT2D eigenvalue weighted by atomic mass is 10.2. The van der Waals surface area contributed by atoms with Gasteiger partial charge >= 0.3 is 0 Å².